The van der Waals surface area contributed by atoms with E-state index < -0.39 is 18.2 Å². The molecule has 0 bridgehead atoms. The van der Waals surface area contributed by atoms with Crippen LogP contribution in [0.2, 0.25) is 0 Å². The molecule has 0 aliphatic heterocycles. The lowest BCUT2D eigenvalue weighted by Crippen LogP contribution is -2.42. The van der Waals surface area contributed by atoms with E-state index in [1.54, 1.807) is 37.4 Å². The van der Waals surface area contributed by atoms with Gasteiger partial charge in [0.05, 0.1) is 24.7 Å². The molecule has 0 spiro atoms. The molecule has 2 aromatic carbocycles. The van der Waals surface area contributed by atoms with Crippen LogP contribution in [-0.2, 0) is 24.2 Å². The summed E-state index contributed by atoms with van der Waals surface area (Å²) < 4.78 is 0. The van der Waals surface area contributed by atoms with Crippen molar-refractivity contribution in [3.8, 4) is 0 Å². The highest BCUT2D eigenvalue weighted by molar-refractivity contribution is 5.94. The molecule has 0 saturated carbocycles. The Morgan fingerprint density at radius 3 is 2.48 bits per heavy atom. The molecule has 3 aromatic rings. The molecule has 1 aliphatic rings. The number of nitrogen functional groups attached to an aromatic ring is 1. The van der Waals surface area contributed by atoms with E-state index in [9.17, 15) is 19.8 Å². The second-order valence-electron chi connectivity index (χ2n) is 11.4. The largest absolute Gasteiger partial charge is 0.387 e. The van der Waals surface area contributed by atoms with Crippen molar-refractivity contribution in [2.45, 2.75) is 70.4 Å². The van der Waals surface area contributed by atoms with Gasteiger partial charge in [0, 0.05) is 36.5 Å². The molecular formula is C35H43N5O4. The SMILES string of the molecule is C[C@H](Cc1cccc(CC(=O)NCc2ccc(C(=O)N[C@H](C)[C@@H](O)C3=CC=CCC3)cc2)c1)NC[C@H](O)c1ccc(N)nc1. The quantitative estimate of drug-likeness (QED) is 0.166. The Labute approximate surface area is 259 Å². The van der Waals surface area contributed by atoms with Gasteiger partial charge >= 0.3 is 0 Å². The maximum absolute atomic E-state index is 12.7. The second kappa shape index (κ2) is 16.0. The number of aromatic nitrogens is 1. The van der Waals surface area contributed by atoms with Crippen LogP contribution in [0.15, 0.2) is 90.7 Å². The predicted octanol–water partition coefficient (Wildman–Crippen LogP) is 3.53. The molecule has 4 atom stereocenters. The highest BCUT2D eigenvalue weighted by atomic mass is 16.3. The Balaban J connectivity index is 1.19. The molecular weight excluding hydrogens is 554 g/mol. The highest BCUT2D eigenvalue weighted by Gasteiger charge is 2.21. The second-order valence-corrected chi connectivity index (χ2v) is 11.4. The summed E-state index contributed by atoms with van der Waals surface area (Å²) in [6.45, 7) is 4.59. The molecule has 1 heterocycles. The van der Waals surface area contributed by atoms with E-state index >= 15 is 0 Å². The fourth-order valence-electron chi connectivity index (χ4n) is 5.12. The van der Waals surface area contributed by atoms with Crippen molar-refractivity contribution in [2.24, 2.45) is 0 Å². The van der Waals surface area contributed by atoms with Crippen LogP contribution in [0.4, 0.5) is 5.82 Å². The first-order chi connectivity index (χ1) is 21.2. The lowest BCUT2D eigenvalue weighted by atomic mass is 9.95. The number of allylic oxidation sites excluding steroid dienone is 3. The molecule has 1 aromatic heterocycles. The van der Waals surface area contributed by atoms with Crippen LogP contribution in [0.1, 0.15) is 65.4 Å². The van der Waals surface area contributed by atoms with Gasteiger partial charge in [0.15, 0.2) is 0 Å². The number of nitrogens with two attached hydrogens (primary N) is 1. The number of nitrogens with zero attached hydrogens (tertiary/aromatic N) is 1. The van der Waals surface area contributed by atoms with Crippen LogP contribution in [0, 0.1) is 0 Å². The number of benzene rings is 2. The first-order valence-electron chi connectivity index (χ1n) is 15.1. The standard InChI is InChI=1S/C35H43N5O4/c1-23(37-22-31(41)30-15-16-32(36)38-21-30)17-26-7-6-8-27(18-26)19-33(42)39-20-25-11-13-29(14-12-25)35(44)40-24(2)34(43)28-9-4-3-5-10-28/h3-4,6-9,11-16,18,21,23-24,31,34,37,41,43H,5,10,17,19-20,22H2,1-2H3,(H2,36,38)(H,39,42)(H,40,44)/t23-,24-,31+,34-/m1/s1. The van der Waals surface area contributed by atoms with Crippen LogP contribution in [0.25, 0.3) is 0 Å². The molecule has 0 fully saturated rings. The summed E-state index contributed by atoms with van der Waals surface area (Å²) in [7, 11) is 0. The monoisotopic (exact) mass is 597 g/mol. The number of nitrogens with one attached hydrogen (secondary N) is 3. The molecule has 0 unspecified atom stereocenters. The van der Waals surface area contributed by atoms with Crippen molar-refractivity contribution in [2.75, 3.05) is 12.3 Å². The lowest BCUT2D eigenvalue weighted by molar-refractivity contribution is -0.120. The Morgan fingerprint density at radius 2 is 1.77 bits per heavy atom. The summed E-state index contributed by atoms with van der Waals surface area (Å²) in [6.07, 6.45) is 8.76. The zero-order valence-electron chi connectivity index (χ0n) is 25.4. The maximum atomic E-state index is 12.7. The van der Waals surface area contributed by atoms with Crippen LogP contribution < -0.4 is 21.7 Å². The van der Waals surface area contributed by atoms with Crippen molar-refractivity contribution in [3.05, 3.63) is 118 Å². The first-order valence-corrected chi connectivity index (χ1v) is 15.1. The Hall–Kier alpha value is -4.31. The van der Waals surface area contributed by atoms with Crippen LogP contribution >= 0.6 is 0 Å². The van der Waals surface area contributed by atoms with E-state index in [1.165, 1.54) is 0 Å². The molecule has 4 rings (SSSR count). The molecule has 7 N–H and O–H groups in total. The topological polar surface area (TPSA) is 150 Å². The Morgan fingerprint density at radius 1 is 1.00 bits per heavy atom. The zero-order valence-corrected chi connectivity index (χ0v) is 25.4. The van der Waals surface area contributed by atoms with Crippen molar-refractivity contribution in [1.29, 1.82) is 0 Å². The highest BCUT2D eigenvalue weighted by Crippen LogP contribution is 2.18. The molecule has 0 radical (unpaired) electrons. The van der Waals surface area contributed by atoms with Gasteiger partial charge in [-0.15, -0.1) is 0 Å². The molecule has 1 aliphatic carbocycles. The van der Waals surface area contributed by atoms with Gasteiger partial charge in [-0.1, -0.05) is 60.7 Å². The van der Waals surface area contributed by atoms with Gasteiger partial charge in [-0.25, -0.2) is 4.98 Å². The maximum Gasteiger partial charge on any atom is 0.251 e. The third kappa shape index (κ3) is 9.87. The normalized spacial score (nSPS) is 15.5. The molecule has 0 saturated heterocycles. The smallest absolute Gasteiger partial charge is 0.251 e. The van der Waals surface area contributed by atoms with Crippen molar-refractivity contribution in [1.82, 2.24) is 20.9 Å². The summed E-state index contributed by atoms with van der Waals surface area (Å²) in [4.78, 5) is 29.4. The number of aliphatic hydroxyl groups excluding tert-OH is 2. The Bertz CT molecular complexity index is 1450. The number of carbonyl (C=O) groups excluding carboxylic acids is 2. The minimum Gasteiger partial charge on any atom is -0.387 e. The number of amides is 2. The van der Waals surface area contributed by atoms with E-state index in [-0.39, 0.29) is 24.3 Å². The summed E-state index contributed by atoms with van der Waals surface area (Å²) in [6, 6.07) is 18.2. The van der Waals surface area contributed by atoms with Crippen LogP contribution in [-0.4, -0.2) is 51.7 Å². The zero-order chi connectivity index (χ0) is 31.5. The van der Waals surface area contributed by atoms with Gasteiger partial charge in [-0.05, 0) is 73.6 Å². The molecule has 44 heavy (non-hydrogen) atoms. The molecule has 232 valence electrons. The lowest BCUT2D eigenvalue weighted by Gasteiger charge is -2.23. The number of rotatable bonds is 14. The van der Waals surface area contributed by atoms with Gasteiger partial charge < -0.3 is 31.9 Å². The summed E-state index contributed by atoms with van der Waals surface area (Å²) in [5, 5.41) is 30.2. The van der Waals surface area contributed by atoms with E-state index in [0.717, 1.165) is 41.5 Å². The van der Waals surface area contributed by atoms with Crippen LogP contribution in [0.5, 0.6) is 0 Å². The number of aliphatic hydroxyl groups is 2. The predicted molar refractivity (Wildman–Crippen MR) is 173 cm³/mol. The minimum absolute atomic E-state index is 0.0925. The van der Waals surface area contributed by atoms with E-state index in [1.807, 2.05) is 48.6 Å². The molecule has 9 heteroatoms. The number of anilines is 1. The van der Waals surface area contributed by atoms with Gasteiger partial charge in [-0.2, -0.15) is 0 Å². The third-order valence-corrected chi connectivity index (χ3v) is 7.72. The third-order valence-electron chi connectivity index (χ3n) is 7.72. The van der Waals surface area contributed by atoms with Gasteiger partial charge in [0.2, 0.25) is 5.91 Å². The fourth-order valence-corrected chi connectivity index (χ4v) is 5.12. The van der Waals surface area contributed by atoms with Gasteiger partial charge in [0.25, 0.3) is 5.91 Å². The molecule has 2 amide bonds. The van der Waals surface area contributed by atoms with Crippen molar-refractivity contribution in [3.63, 3.8) is 0 Å². The van der Waals surface area contributed by atoms with Crippen molar-refractivity contribution < 1.29 is 19.8 Å². The Kier molecular flexibility index (Phi) is 11.8. The number of carbonyl (C=O) groups is 2. The summed E-state index contributed by atoms with van der Waals surface area (Å²) >= 11 is 0. The van der Waals surface area contributed by atoms with Gasteiger partial charge in [-0.3, -0.25) is 9.59 Å². The number of pyridine rings is 1. The van der Waals surface area contributed by atoms with Crippen molar-refractivity contribution >= 4 is 17.6 Å². The summed E-state index contributed by atoms with van der Waals surface area (Å²) in [5.74, 6) is 0.0732. The van der Waals surface area contributed by atoms with Gasteiger partial charge in [0.1, 0.15) is 5.82 Å². The average Bonchev–Trinajstić information content (AvgIpc) is 3.03. The fraction of sp³-hybridized carbons (Fsp3) is 0.343. The van der Waals surface area contributed by atoms with E-state index in [4.69, 9.17) is 5.73 Å². The minimum atomic E-state index is -0.725. The number of hydrogen-bond acceptors (Lipinski definition) is 7. The van der Waals surface area contributed by atoms with E-state index in [0.29, 0.717) is 30.0 Å². The summed E-state index contributed by atoms with van der Waals surface area (Å²) in [5.41, 5.74) is 10.6. The number of hydrogen-bond donors (Lipinski definition) is 6. The van der Waals surface area contributed by atoms with Crippen LogP contribution in [0.3, 0.4) is 0 Å². The first kappa shape index (κ1) is 32.6. The molecule has 9 nitrogen and oxygen atoms in total. The average molecular weight is 598 g/mol. The van der Waals surface area contributed by atoms with E-state index in [2.05, 4.69) is 33.9 Å².